The van der Waals surface area contributed by atoms with Crippen molar-refractivity contribution >= 4 is 27.5 Å². The van der Waals surface area contributed by atoms with E-state index in [9.17, 15) is 9.90 Å². The number of benzene rings is 1. The lowest BCUT2D eigenvalue weighted by Gasteiger charge is -2.36. The third-order valence-corrected chi connectivity index (χ3v) is 4.13. The molecule has 4 N–H and O–H groups in total. The molecular formula is C14H19BrN2O2. The molecule has 0 saturated heterocycles. The maximum atomic E-state index is 12.3. The molecule has 4 nitrogen and oxygen atoms in total. The Bertz CT molecular complexity index is 450. The normalized spacial score (nSPS) is 18.0. The number of carbonyl (C=O) groups excluding carboxylic acids is 1. The lowest BCUT2D eigenvalue weighted by Crippen LogP contribution is -2.52. The smallest absolute Gasteiger partial charge is 0.251 e. The minimum atomic E-state index is -0.466. The van der Waals surface area contributed by atoms with E-state index >= 15 is 0 Å². The fourth-order valence-corrected chi connectivity index (χ4v) is 3.12. The summed E-state index contributed by atoms with van der Waals surface area (Å²) in [7, 11) is 0. The minimum Gasteiger partial charge on any atom is -0.399 e. The Balaban J connectivity index is 2.15. The van der Waals surface area contributed by atoms with Gasteiger partial charge < -0.3 is 16.2 Å². The molecule has 0 aliphatic heterocycles. The van der Waals surface area contributed by atoms with Gasteiger partial charge in [0.25, 0.3) is 5.91 Å². The predicted octanol–water partition coefficient (Wildman–Crippen LogP) is 2.46. The van der Waals surface area contributed by atoms with Gasteiger partial charge in [-0.3, -0.25) is 4.79 Å². The van der Waals surface area contributed by atoms with Gasteiger partial charge in [0.2, 0.25) is 0 Å². The first kappa shape index (κ1) is 14.3. The third-order valence-electron chi connectivity index (χ3n) is 3.67. The molecule has 2 rings (SSSR count). The Hall–Kier alpha value is -1.07. The van der Waals surface area contributed by atoms with Crippen molar-refractivity contribution in [3.05, 3.63) is 28.2 Å². The number of amides is 1. The van der Waals surface area contributed by atoms with E-state index in [0.717, 1.165) is 30.2 Å². The van der Waals surface area contributed by atoms with Gasteiger partial charge in [0.1, 0.15) is 0 Å². The lowest BCUT2D eigenvalue weighted by molar-refractivity contribution is 0.0758. The highest BCUT2D eigenvalue weighted by atomic mass is 79.9. The molecule has 19 heavy (non-hydrogen) atoms. The van der Waals surface area contributed by atoms with Crippen LogP contribution in [0.1, 0.15) is 42.5 Å². The van der Waals surface area contributed by atoms with Crippen molar-refractivity contribution in [1.82, 2.24) is 5.32 Å². The van der Waals surface area contributed by atoms with E-state index in [0.29, 0.717) is 11.3 Å². The zero-order valence-electron chi connectivity index (χ0n) is 10.8. The van der Waals surface area contributed by atoms with Gasteiger partial charge in [0.05, 0.1) is 12.1 Å². The Morgan fingerprint density at radius 3 is 2.58 bits per heavy atom. The van der Waals surface area contributed by atoms with Gasteiger partial charge in [-0.15, -0.1) is 0 Å². The van der Waals surface area contributed by atoms with Gasteiger partial charge in [-0.25, -0.2) is 0 Å². The van der Waals surface area contributed by atoms with Crippen molar-refractivity contribution < 1.29 is 9.90 Å². The summed E-state index contributed by atoms with van der Waals surface area (Å²) >= 11 is 3.33. The van der Waals surface area contributed by atoms with E-state index in [-0.39, 0.29) is 12.5 Å². The van der Waals surface area contributed by atoms with Crippen molar-refractivity contribution in [2.75, 3.05) is 12.3 Å². The van der Waals surface area contributed by atoms with Gasteiger partial charge in [-0.2, -0.15) is 0 Å². The van der Waals surface area contributed by atoms with Crippen LogP contribution >= 0.6 is 15.9 Å². The highest BCUT2D eigenvalue weighted by molar-refractivity contribution is 9.10. The maximum absolute atomic E-state index is 12.3. The van der Waals surface area contributed by atoms with Crippen LogP contribution in [0.4, 0.5) is 5.69 Å². The molecule has 1 aliphatic rings. The summed E-state index contributed by atoms with van der Waals surface area (Å²) in [6.45, 7) is -0.0117. The summed E-state index contributed by atoms with van der Waals surface area (Å²) in [5, 5.41) is 12.6. The average Bonchev–Trinajstić information content (AvgIpc) is 2.38. The van der Waals surface area contributed by atoms with Crippen LogP contribution in [0.3, 0.4) is 0 Å². The molecule has 1 aromatic carbocycles. The van der Waals surface area contributed by atoms with Crippen LogP contribution < -0.4 is 11.1 Å². The molecule has 0 aromatic heterocycles. The van der Waals surface area contributed by atoms with Gasteiger partial charge in [-0.1, -0.05) is 35.2 Å². The fraction of sp³-hybridized carbons (Fsp3) is 0.500. The van der Waals surface area contributed by atoms with Gasteiger partial charge >= 0.3 is 0 Å². The van der Waals surface area contributed by atoms with E-state index in [1.54, 1.807) is 18.2 Å². The van der Waals surface area contributed by atoms with Gasteiger partial charge in [0, 0.05) is 15.7 Å². The summed E-state index contributed by atoms with van der Waals surface area (Å²) in [6, 6.07) is 5.13. The standard InChI is InChI=1S/C14H19BrN2O2/c15-11-6-10(7-12(16)8-11)13(19)17-14(9-18)4-2-1-3-5-14/h6-8,18H,1-5,9,16H2,(H,17,19). The highest BCUT2D eigenvalue weighted by Gasteiger charge is 2.33. The minimum absolute atomic E-state index is 0.0117. The quantitative estimate of drug-likeness (QED) is 0.747. The second kappa shape index (κ2) is 5.92. The molecule has 0 radical (unpaired) electrons. The first-order valence-corrected chi connectivity index (χ1v) is 7.33. The molecule has 0 bridgehead atoms. The monoisotopic (exact) mass is 326 g/mol. The number of halogens is 1. The molecule has 0 atom stereocenters. The number of hydrogen-bond acceptors (Lipinski definition) is 3. The number of aliphatic hydroxyl groups is 1. The molecule has 1 amide bonds. The zero-order valence-corrected chi connectivity index (χ0v) is 12.4. The Kier molecular flexibility index (Phi) is 4.47. The lowest BCUT2D eigenvalue weighted by atomic mass is 9.82. The van der Waals surface area contributed by atoms with Crippen LogP contribution in [0.5, 0.6) is 0 Å². The van der Waals surface area contributed by atoms with Crippen LogP contribution in [0.15, 0.2) is 22.7 Å². The number of nitrogens with two attached hydrogens (primary N) is 1. The van der Waals surface area contributed by atoms with Crippen molar-refractivity contribution in [2.24, 2.45) is 0 Å². The van der Waals surface area contributed by atoms with E-state index < -0.39 is 5.54 Å². The Morgan fingerprint density at radius 2 is 2.00 bits per heavy atom. The third kappa shape index (κ3) is 3.48. The van der Waals surface area contributed by atoms with Crippen molar-refractivity contribution in [1.29, 1.82) is 0 Å². The summed E-state index contributed by atoms with van der Waals surface area (Å²) in [6.07, 6.45) is 4.92. The van der Waals surface area contributed by atoms with Gasteiger partial charge in [0.15, 0.2) is 0 Å². The van der Waals surface area contributed by atoms with E-state index in [4.69, 9.17) is 5.73 Å². The number of rotatable bonds is 3. The maximum Gasteiger partial charge on any atom is 0.251 e. The summed E-state index contributed by atoms with van der Waals surface area (Å²) in [5.41, 5.74) is 6.33. The van der Waals surface area contributed by atoms with Crippen molar-refractivity contribution in [2.45, 2.75) is 37.6 Å². The molecular weight excluding hydrogens is 308 g/mol. The Morgan fingerprint density at radius 1 is 1.32 bits per heavy atom. The number of anilines is 1. The van der Waals surface area contributed by atoms with E-state index in [2.05, 4.69) is 21.2 Å². The molecule has 1 aliphatic carbocycles. The Labute approximate surface area is 121 Å². The van der Waals surface area contributed by atoms with Crippen LogP contribution in [0.25, 0.3) is 0 Å². The molecule has 1 fully saturated rings. The summed E-state index contributed by atoms with van der Waals surface area (Å²) in [4.78, 5) is 12.3. The molecule has 1 saturated carbocycles. The second-order valence-corrected chi connectivity index (χ2v) is 6.14. The van der Waals surface area contributed by atoms with Crippen LogP contribution in [-0.4, -0.2) is 23.2 Å². The molecule has 5 heteroatoms. The summed E-state index contributed by atoms with van der Waals surface area (Å²) < 4.78 is 0.777. The van der Waals surface area contributed by atoms with Crippen LogP contribution in [0.2, 0.25) is 0 Å². The summed E-state index contributed by atoms with van der Waals surface area (Å²) in [5.74, 6) is -0.177. The van der Waals surface area contributed by atoms with Crippen molar-refractivity contribution in [3.63, 3.8) is 0 Å². The number of nitrogen functional groups attached to an aromatic ring is 1. The van der Waals surface area contributed by atoms with E-state index in [1.807, 2.05) is 0 Å². The van der Waals surface area contributed by atoms with Crippen molar-refractivity contribution in [3.8, 4) is 0 Å². The largest absolute Gasteiger partial charge is 0.399 e. The number of carbonyl (C=O) groups is 1. The zero-order chi connectivity index (χ0) is 13.9. The molecule has 104 valence electrons. The number of aliphatic hydroxyl groups excluding tert-OH is 1. The van der Waals surface area contributed by atoms with Crippen LogP contribution in [0, 0.1) is 0 Å². The fourth-order valence-electron chi connectivity index (χ4n) is 2.61. The number of hydrogen-bond donors (Lipinski definition) is 3. The molecule has 1 aromatic rings. The number of nitrogens with one attached hydrogen (secondary N) is 1. The molecule has 0 heterocycles. The van der Waals surface area contributed by atoms with E-state index in [1.165, 1.54) is 6.42 Å². The SMILES string of the molecule is Nc1cc(Br)cc(C(=O)NC2(CO)CCCCC2)c1. The topological polar surface area (TPSA) is 75.4 Å². The highest BCUT2D eigenvalue weighted by Crippen LogP contribution is 2.28. The van der Waals surface area contributed by atoms with Gasteiger partial charge in [-0.05, 0) is 31.0 Å². The van der Waals surface area contributed by atoms with Crippen LogP contribution in [-0.2, 0) is 0 Å². The molecule has 0 unspecified atom stereocenters. The molecule has 0 spiro atoms. The first-order chi connectivity index (χ1) is 9.04. The second-order valence-electron chi connectivity index (χ2n) is 5.23. The average molecular weight is 327 g/mol. The predicted molar refractivity (Wildman–Crippen MR) is 78.9 cm³/mol. The first-order valence-electron chi connectivity index (χ1n) is 6.54.